The van der Waals surface area contributed by atoms with Gasteiger partial charge < -0.3 is 5.32 Å². The molecular formula is C14H8Cl2N2OS. The number of nitrogens with zero attached hydrogens (tertiary/aromatic N) is 1. The fourth-order valence-corrected chi connectivity index (χ4v) is 2.41. The minimum atomic E-state index is -0.525. The van der Waals surface area contributed by atoms with E-state index in [9.17, 15) is 4.79 Å². The molecule has 2 aromatic rings. The molecule has 1 aromatic heterocycles. The lowest BCUT2D eigenvalue weighted by Gasteiger charge is -2.06. The molecule has 20 heavy (non-hydrogen) atoms. The summed E-state index contributed by atoms with van der Waals surface area (Å²) in [6.45, 7) is 0. The monoisotopic (exact) mass is 322 g/mol. The predicted molar refractivity (Wildman–Crippen MR) is 83.0 cm³/mol. The second-order valence-electron chi connectivity index (χ2n) is 3.80. The zero-order chi connectivity index (χ0) is 14.5. The minimum absolute atomic E-state index is 0.000517. The highest BCUT2D eigenvalue weighted by Crippen LogP contribution is 2.26. The van der Waals surface area contributed by atoms with E-state index >= 15 is 0 Å². The molecule has 1 amide bonds. The van der Waals surface area contributed by atoms with Crippen molar-refractivity contribution in [3.63, 3.8) is 0 Å². The second-order valence-corrected chi connectivity index (χ2v) is 5.43. The number of thiophene rings is 1. The van der Waals surface area contributed by atoms with Crippen LogP contribution in [0.15, 0.2) is 40.6 Å². The third-order valence-electron chi connectivity index (χ3n) is 2.40. The lowest BCUT2D eigenvalue weighted by molar-refractivity contribution is -0.112. The number of carbonyl (C=O) groups is 1. The third-order valence-corrected chi connectivity index (χ3v) is 3.66. The van der Waals surface area contributed by atoms with Crippen molar-refractivity contribution in [1.29, 1.82) is 5.26 Å². The van der Waals surface area contributed by atoms with Gasteiger partial charge in [0.25, 0.3) is 5.91 Å². The molecule has 3 nitrogen and oxygen atoms in total. The molecule has 0 atom stereocenters. The molecule has 0 aliphatic heterocycles. The summed E-state index contributed by atoms with van der Waals surface area (Å²) < 4.78 is 0. The van der Waals surface area contributed by atoms with E-state index in [0.29, 0.717) is 15.7 Å². The molecule has 6 heteroatoms. The summed E-state index contributed by atoms with van der Waals surface area (Å²) in [4.78, 5) is 12.0. The van der Waals surface area contributed by atoms with Gasteiger partial charge in [-0.15, -0.1) is 0 Å². The largest absolute Gasteiger partial charge is 0.320 e. The molecule has 0 saturated heterocycles. The highest BCUT2D eigenvalue weighted by molar-refractivity contribution is 7.08. The van der Waals surface area contributed by atoms with E-state index in [1.54, 1.807) is 12.1 Å². The van der Waals surface area contributed by atoms with Crippen LogP contribution < -0.4 is 5.32 Å². The van der Waals surface area contributed by atoms with Crippen molar-refractivity contribution in [3.8, 4) is 6.07 Å². The molecule has 0 fully saturated rings. The number of anilines is 1. The number of hydrogen-bond acceptors (Lipinski definition) is 3. The highest BCUT2D eigenvalue weighted by Gasteiger charge is 2.11. The van der Waals surface area contributed by atoms with Crippen LogP contribution in [-0.2, 0) is 4.79 Å². The van der Waals surface area contributed by atoms with E-state index in [-0.39, 0.29) is 5.57 Å². The van der Waals surface area contributed by atoms with E-state index in [0.717, 1.165) is 5.56 Å². The number of nitrogens with one attached hydrogen (secondary N) is 1. The van der Waals surface area contributed by atoms with Crippen LogP contribution in [0.25, 0.3) is 6.08 Å². The SMILES string of the molecule is N#CC(=Cc1ccsc1)C(=O)Nc1cc(Cl)ccc1Cl. The average Bonchev–Trinajstić information content (AvgIpc) is 2.93. The second kappa shape index (κ2) is 6.58. The maximum absolute atomic E-state index is 12.0. The fraction of sp³-hybridized carbons (Fsp3) is 0. The van der Waals surface area contributed by atoms with Crippen molar-refractivity contribution in [1.82, 2.24) is 0 Å². The van der Waals surface area contributed by atoms with Crippen LogP contribution in [0.3, 0.4) is 0 Å². The zero-order valence-electron chi connectivity index (χ0n) is 10.1. The molecule has 0 saturated carbocycles. The van der Waals surface area contributed by atoms with Gasteiger partial charge in [-0.2, -0.15) is 16.6 Å². The van der Waals surface area contributed by atoms with Crippen LogP contribution in [0.2, 0.25) is 10.0 Å². The van der Waals surface area contributed by atoms with Gasteiger partial charge in [0.05, 0.1) is 10.7 Å². The fourth-order valence-electron chi connectivity index (χ4n) is 1.46. The number of hydrogen-bond donors (Lipinski definition) is 1. The summed E-state index contributed by atoms with van der Waals surface area (Å²) in [6, 6.07) is 8.42. The van der Waals surface area contributed by atoms with Gasteiger partial charge in [0.1, 0.15) is 11.6 Å². The van der Waals surface area contributed by atoms with Crippen molar-refractivity contribution in [3.05, 3.63) is 56.2 Å². The smallest absolute Gasteiger partial charge is 0.266 e. The Morgan fingerprint density at radius 3 is 2.80 bits per heavy atom. The Morgan fingerprint density at radius 1 is 1.35 bits per heavy atom. The van der Waals surface area contributed by atoms with Crippen molar-refractivity contribution < 1.29 is 4.79 Å². The van der Waals surface area contributed by atoms with Crippen LogP contribution in [0, 0.1) is 11.3 Å². The number of amides is 1. The first-order valence-electron chi connectivity index (χ1n) is 5.50. The van der Waals surface area contributed by atoms with Crippen LogP contribution in [0.5, 0.6) is 0 Å². The normalized spacial score (nSPS) is 10.9. The van der Waals surface area contributed by atoms with Gasteiger partial charge in [-0.05, 0) is 46.7 Å². The van der Waals surface area contributed by atoms with Crippen LogP contribution in [0.1, 0.15) is 5.56 Å². The van der Waals surface area contributed by atoms with E-state index < -0.39 is 5.91 Å². The standard InChI is InChI=1S/C14H8Cl2N2OS/c15-11-1-2-12(16)13(6-11)18-14(19)10(7-17)5-9-3-4-20-8-9/h1-6,8H,(H,18,19). The maximum atomic E-state index is 12.0. The lowest BCUT2D eigenvalue weighted by atomic mass is 10.2. The summed E-state index contributed by atoms with van der Waals surface area (Å²) in [5.74, 6) is -0.525. The Morgan fingerprint density at radius 2 is 2.15 bits per heavy atom. The molecule has 1 N–H and O–H groups in total. The number of halogens is 2. The first kappa shape index (κ1) is 14.6. The molecular weight excluding hydrogens is 315 g/mol. The molecule has 0 aliphatic rings. The van der Waals surface area contributed by atoms with Gasteiger partial charge in [0.15, 0.2) is 0 Å². The molecule has 0 bridgehead atoms. The Hall–Kier alpha value is -1.80. The first-order valence-corrected chi connectivity index (χ1v) is 7.20. The number of rotatable bonds is 3. The molecule has 2 rings (SSSR count). The minimum Gasteiger partial charge on any atom is -0.320 e. The predicted octanol–water partition coefficient (Wildman–Crippen LogP) is 4.60. The maximum Gasteiger partial charge on any atom is 0.266 e. The van der Waals surface area contributed by atoms with Crippen molar-refractivity contribution >= 4 is 52.2 Å². The van der Waals surface area contributed by atoms with E-state index in [4.69, 9.17) is 28.5 Å². The lowest BCUT2D eigenvalue weighted by Crippen LogP contribution is -2.13. The zero-order valence-corrected chi connectivity index (χ0v) is 12.4. The number of carbonyl (C=O) groups excluding carboxylic acids is 1. The summed E-state index contributed by atoms with van der Waals surface area (Å²) in [7, 11) is 0. The van der Waals surface area contributed by atoms with Crippen molar-refractivity contribution in [2.75, 3.05) is 5.32 Å². The van der Waals surface area contributed by atoms with Crippen molar-refractivity contribution in [2.24, 2.45) is 0 Å². The van der Waals surface area contributed by atoms with Gasteiger partial charge >= 0.3 is 0 Å². The molecule has 0 spiro atoms. The molecule has 1 aromatic carbocycles. The summed E-state index contributed by atoms with van der Waals surface area (Å²) in [5, 5.41) is 16.2. The molecule has 1 heterocycles. The van der Waals surface area contributed by atoms with E-state index in [1.807, 2.05) is 22.9 Å². The van der Waals surface area contributed by atoms with E-state index in [2.05, 4.69) is 5.32 Å². The van der Waals surface area contributed by atoms with Crippen LogP contribution in [0.4, 0.5) is 5.69 Å². The van der Waals surface area contributed by atoms with Gasteiger partial charge in [0.2, 0.25) is 0 Å². The highest BCUT2D eigenvalue weighted by atomic mass is 35.5. The van der Waals surface area contributed by atoms with Gasteiger partial charge in [0, 0.05) is 5.02 Å². The quantitative estimate of drug-likeness (QED) is 0.663. The molecule has 0 unspecified atom stereocenters. The Bertz CT molecular complexity index is 702. The Labute approximate surface area is 130 Å². The Kier molecular flexibility index (Phi) is 4.80. The van der Waals surface area contributed by atoms with Gasteiger partial charge in [-0.25, -0.2) is 0 Å². The summed E-state index contributed by atoms with van der Waals surface area (Å²) >= 11 is 13.3. The Balaban J connectivity index is 2.23. The molecule has 100 valence electrons. The van der Waals surface area contributed by atoms with Gasteiger partial charge in [-0.3, -0.25) is 4.79 Å². The first-order chi connectivity index (χ1) is 9.60. The van der Waals surface area contributed by atoms with Crippen LogP contribution >= 0.6 is 34.5 Å². The van der Waals surface area contributed by atoms with E-state index in [1.165, 1.54) is 23.5 Å². The van der Waals surface area contributed by atoms with Gasteiger partial charge in [-0.1, -0.05) is 23.2 Å². The third kappa shape index (κ3) is 3.61. The number of benzene rings is 1. The average molecular weight is 323 g/mol. The molecule has 0 aliphatic carbocycles. The van der Waals surface area contributed by atoms with Crippen LogP contribution in [-0.4, -0.2) is 5.91 Å². The summed E-state index contributed by atoms with van der Waals surface area (Å²) in [5.41, 5.74) is 1.17. The van der Waals surface area contributed by atoms with Crippen molar-refractivity contribution in [2.45, 2.75) is 0 Å². The number of nitriles is 1. The molecule has 0 radical (unpaired) electrons. The topological polar surface area (TPSA) is 52.9 Å². The summed E-state index contributed by atoms with van der Waals surface area (Å²) in [6.07, 6.45) is 1.52.